The maximum Gasteiger partial charge on any atom is 0.231 e. The number of amides is 1. The summed E-state index contributed by atoms with van der Waals surface area (Å²) in [6, 6.07) is 5.81. The standard InChI is InChI=1S/C16H16N2O4/c1-10-4-13(17-22-10)7-16(19)18-3-2-11-5-14-15(21-9-20-14)6-12(11)8-18/h4-6H,2-3,7-9H2,1H3. The zero-order valence-electron chi connectivity index (χ0n) is 12.3. The molecule has 2 aliphatic heterocycles. The van der Waals surface area contributed by atoms with Crippen LogP contribution in [0.15, 0.2) is 22.7 Å². The Kier molecular flexibility index (Phi) is 3.03. The molecule has 1 amide bonds. The van der Waals surface area contributed by atoms with Gasteiger partial charge in [0.05, 0.1) is 12.1 Å². The third-order valence-corrected chi connectivity index (χ3v) is 4.07. The molecule has 1 aromatic heterocycles. The molecule has 4 rings (SSSR count). The molecule has 0 spiro atoms. The number of hydrogen-bond donors (Lipinski definition) is 0. The van der Waals surface area contributed by atoms with E-state index in [2.05, 4.69) is 5.16 Å². The predicted octanol–water partition coefficient (Wildman–Crippen LogP) is 1.84. The SMILES string of the molecule is Cc1cc(CC(=O)N2CCc3cc4c(cc3C2)OCO4)no1. The minimum absolute atomic E-state index is 0.0663. The van der Waals surface area contributed by atoms with Crippen molar-refractivity contribution in [2.75, 3.05) is 13.3 Å². The van der Waals surface area contributed by atoms with Crippen molar-refractivity contribution in [1.29, 1.82) is 0 Å². The highest BCUT2D eigenvalue weighted by atomic mass is 16.7. The number of carbonyl (C=O) groups is 1. The Morgan fingerprint density at radius 1 is 1.23 bits per heavy atom. The fraction of sp³-hybridized carbons (Fsp3) is 0.375. The Balaban J connectivity index is 1.50. The van der Waals surface area contributed by atoms with Crippen molar-refractivity contribution in [3.63, 3.8) is 0 Å². The first-order chi connectivity index (χ1) is 10.7. The van der Waals surface area contributed by atoms with Crippen LogP contribution in [0.4, 0.5) is 0 Å². The summed E-state index contributed by atoms with van der Waals surface area (Å²) in [5, 5.41) is 3.88. The van der Waals surface area contributed by atoms with E-state index in [1.807, 2.05) is 24.0 Å². The minimum atomic E-state index is 0.0663. The van der Waals surface area contributed by atoms with Crippen LogP contribution in [0.25, 0.3) is 0 Å². The second kappa shape index (κ2) is 5.05. The predicted molar refractivity (Wildman–Crippen MR) is 76.6 cm³/mol. The molecule has 0 unspecified atom stereocenters. The van der Waals surface area contributed by atoms with Gasteiger partial charge in [-0.3, -0.25) is 4.79 Å². The molecule has 0 bridgehead atoms. The third-order valence-electron chi connectivity index (χ3n) is 4.07. The molecule has 1 aromatic carbocycles. The van der Waals surface area contributed by atoms with Gasteiger partial charge in [-0.15, -0.1) is 0 Å². The fourth-order valence-electron chi connectivity index (χ4n) is 2.93. The van der Waals surface area contributed by atoms with Gasteiger partial charge in [-0.05, 0) is 36.6 Å². The van der Waals surface area contributed by atoms with Crippen LogP contribution in [-0.2, 0) is 24.2 Å². The van der Waals surface area contributed by atoms with E-state index >= 15 is 0 Å². The Bertz CT molecular complexity index is 738. The van der Waals surface area contributed by atoms with Gasteiger partial charge in [-0.25, -0.2) is 0 Å². The van der Waals surface area contributed by atoms with Crippen LogP contribution < -0.4 is 9.47 Å². The quantitative estimate of drug-likeness (QED) is 0.846. The molecule has 22 heavy (non-hydrogen) atoms. The topological polar surface area (TPSA) is 64.8 Å². The van der Waals surface area contributed by atoms with Gasteiger partial charge in [0.2, 0.25) is 12.7 Å². The second-order valence-corrected chi connectivity index (χ2v) is 5.65. The molecule has 0 atom stereocenters. The van der Waals surface area contributed by atoms with Gasteiger partial charge >= 0.3 is 0 Å². The summed E-state index contributed by atoms with van der Waals surface area (Å²) in [7, 11) is 0. The van der Waals surface area contributed by atoms with Crippen molar-refractivity contribution in [3.05, 3.63) is 40.8 Å². The number of carbonyl (C=O) groups excluding carboxylic acids is 1. The number of ether oxygens (including phenoxy) is 2. The first-order valence-electron chi connectivity index (χ1n) is 7.30. The minimum Gasteiger partial charge on any atom is -0.454 e. The summed E-state index contributed by atoms with van der Waals surface area (Å²) in [4.78, 5) is 14.3. The van der Waals surface area contributed by atoms with Crippen LogP contribution in [-0.4, -0.2) is 29.3 Å². The van der Waals surface area contributed by atoms with Crippen LogP contribution in [0, 0.1) is 6.92 Å². The summed E-state index contributed by atoms with van der Waals surface area (Å²) >= 11 is 0. The van der Waals surface area contributed by atoms with Gasteiger partial charge < -0.3 is 18.9 Å². The largest absolute Gasteiger partial charge is 0.454 e. The molecule has 2 aliphatic rings. The third kappa shape index (κ3) is 2.30. The lowest BCUT2D eigenvalue weighted by atomic mass is 9.98. The molecule has 0 radical (unpaired) electrons. The summed E-state index contributed by atoms with van der Waals surface area (Å²) < 4.78 is 15.8. The average molecular weight is 300 g/mol. The molecular weight excluding hydrogens is 284 g/mol. The van der Waals surface area contributed by atoms with Crippen molar-refractivity contribution in [2.45, 2.75) is 26.3 Å². The summed E-state index contributed by atoms with van der Waals surface area (Å²) in [6.07, 6.45) is 1.10. The monoisotopic (exact) mass is 300 g/mol. The normalized spacial score (nSPS) is 15.8. The zero-order valence-corrected chi connectivity index (χ0v) is 12.3. The van der Waals surface area contributed by atoms with Crippen LogP contribution in [0.2, 0.25) is 0 Å². The van der Waals surface area contributed by atoms with Gasteiger partial charge in [0.25, 0.3) is 0 Å². The Morgan fingerprint density at radius 3 is 2.73 bits per heavy atom. The number of nitrogens with zero attached hydrogens (tertiary/aromatic N) is 2. The van der Waals surface area contributed by atoms with Crippen LogP contribution >= 0.6 is 0 Å². The van der Waals surface area contributed by atoms with E-state index in [9.17, 15) is 4.79 Å². The lowest BCUT2D eigenvalue weighted by Gasteiger charge is -2.29. The van der Waals surface area contributed by atoms with Crippen molar-refractivity contribution in [3.8, 4) is 11.5 Å². The molecule has 6 nitrogen and oxygen atoms in total. The van der Waals surface area contributed by atoms with Gasteiger partial charge in [0.15, 0.2) is 11.5 Å². The average Bonchev–Trinajstić information content (AvgIpc) is 3.12. The molecule has 114 valence electrons. The zero-order chi connectivity index (χ0) is 15.1. The highest BCUT2D eigenvalue weighted by Crippen LogP contribution is 2.36. The van der Waals surface area contributed by atoms with Crippen molar-refractivity contribution >= 4 is 5.91 Å². The van der Waals surface area contributed by atoms with Crippen LogP contribution in [0.3, 0.4) is 0 Å². The molecule has 3 heterocycles. The number of fused-ring (bicyclic) bond motifs is 2. The number of benzene rings is 1. The summed E-state index contributed by atoms with van der Waals surface area (Å²) in [5.74, 6) is 2.35. The van der Waals surface area contributed by atoms with Crippen LogP contribution in [0.5, 0.6) is 11.5 Å². The first-order valence-corrected chi connectivity index (χ1v) is 7.30. The maximum absolute atomic E-state index is 12.4. The molecule has 0 N–H and O–H groups in total. The second-order valence-electron chi connectivity index (χ2n) is 5.65. The van der Waals surface area contributed by atoms with E-state index < -0.39 is 0 Å². The van der Waals surface area contributed by atoms with E-state index in [1.54, 1.807) is 6.07 Å². The van der Waals surface area contributed by atoms with E-state index in [-0.39, 0.29) is 19.1 Å². The number of aromatic nitrogens is 1. The maximum atomic E-state index is 12.4. The Morgan fingerprint density at radius 2 is 2.00 bits per heavy atom. The highest BCUT2D eigenvalue weighted by Gasteiger charge is 2.25. The number of rotatable bonds is 2. The fourth-order valence-corrected chi connectivity index (χ4v) is 2.93. The summed E-state index contributed by atoms with van der Waals surface area (Å²) in [6.45, 7) is 3.40. The van der Waals surface area contributed by atoms with E-state index in [4.69, 9.17) is 14.0 Å². The lowest BCUT2D eigenvalue weighted by Crippen LogP contribution is -2.36. The molecule has 2 aromatic rings. The van der Waals surface area contributed by atoms with Crippen molar-refractivity contribution in [1.82, 2.24) is 10.1 Å². The smallest absolute Gasteiger partial charge is 0.231 e. The Labute approximate surface area is 127 Å². The first kappa shape index (κ1) is 13.2. The molecule has 0 fully saturated rings. The van der Waals surface area contributed by atoms with Gasteiger partial charge in [-0.2, -0.15) is 0 Å². The summed E-state index contributed by atoms with van der Waals surface area (Å²) in [5.41, 5.74) is 3.03. The van der Waals surface area contributed by atoms with Crippen LogP contribution in [0.1, 0.15) is 22.6 Å². The van der Waals surface area contributed by atoms with E-state index in [0.29, 0.717) is 18.8 Å². The van der Waals surface area contributed by atoms with Crippen molar-refractivity contribution in [2.24, 2.45) is 0 Å². The molecule has 0 aliphatic carbocycles. The van der Waals surface area contributed by atoms with Gasteiger partial charge in [0, 0.05) is 19.2 Å². The van der Waals surface area contributed by atoms with Gasteiger partial charge in [-0.1, -0.05) is 5.16 Å². The lowest BCUT2D eigenvalue weighted by molar-refractivity contribution is -0.131. The highest BCUT2D eigenvalue weighted by molar-refractivity contribution is 5.78. The Hall–Kier alpha value is -2.50. The van der Waals surface area contributed by atoms with E-state index in [1.165, 1.54) is 5.56 Å². The molecule has 0 saturated heterocycles. The van der Waals surface area contributed by atoms with Crippen molar-refractivity contribution < 1.29 is 18.8 Å². The number of aryl methyl sites for hydroxylation is 1. The molecule has 6 heteroatoms. The van der Waals surface area contributed by atoms with E-state index in [0.717, 1.165) is 29.2 Å². The molecule has 0 saturated carbocycles. The number of hydrogen-bond acceptors (Lipinski definition) is 5. The molecular formula is C16H16N2O4. The van der Waals surface area contributed by atoms with Gasteiger partial charge in [0.1, 0.15) is 5.76 Å².